The standard InChI is InChI=1S/C16H15F5N2O3S/c17-9-10(18)12(20)15(13(21)11(9)19)26-8(24)4-2-1-3-7-14-6(5-27-7)22-16(25)23-14/h6-7,14H,1-5H2,(H2,22,23,25). The first-order chi connectivity index (χ1) is 12.8. The van der Waals surface area contributed by atoms with Gasteiger partial charge in [-0.05, 0) is 12.8 Å². The van der Waals surface area contributed by atoms with E-state index in [-0.39, 0.29) is 29.8 Å². The van der Waals surface area contributed by atoms with Crippen LogP contribution in [0.15, 0.2) is 0 Å². The lowest BCUT2D eigenvalue weighted by molar-refractivity contribution is -0.135. The number of rotatable bonds is 6. The number of hydrogen-bond acceptors (Lipinski definition) is 4. The van der Waals surface area contributed by atoms with E-state index >= 15 is 0 Å². The number of halogens is 5. The first kappa shape index (κ1) is 19.7. The number of fused-ring (bicyclic) bond motifs is 1. The SMILES string of the molecule is O=C1NC2CSC(CCCCC(=O)Oc3c(F)c(F)c(F)c(F)c3F)C2N1. The summed E-state index contributed by atoms with van der Waals surface area (Å²) >= 11 is 1.69. The molecule has 5 nitrogen and oxygen atoms in total. The van der Waals surface area contributed by atoms with Crippen molar-refractivity contribution in [1.82, 2.24) is 10.6 Å². The van der Waals surface area contributed by atoms with E-state index in [1.165, 1.54) is 0 Å². The molecule has 3 atom stereocenters. The Balaban J connectivity index is 1.48. The number of urea groups is 1. The Morgan fingerprint density at radius 2 is 1.63 bits per heavy atom. The van der Waals surface area contributed by atoms with Crippen molar-refractivity contribution >= 4 is 23.8 Å². The van der Waals surface area contributed by atoms with E-state index in [4.69, 9.17) is 0 Å². The molecule has 0 saturated carbocycles. The fourth-order valence-corrected chi connectivity index (χ4v) is 4.64. The van der Waals surface area contributed by atoms with Crippen LogP contribution in [0.2, 0.25) is 0 Å². The van der Waals surface area contributed by atoms with Gasteiger partial charge in [-0.2, -0.15) is 20.5 Å². The molecule has 3 rings (SSSR count). The molecule has 2 aliphatic heterocycles. The van der Waals surface area contributed by atoms with Gasteiger partial charge in [-0.15, -0.1) is 0 Å². The number of nitrogens with one attached hydrogen (secondary N) is 2. The number of esters is 1. The van der Waals surface area contributed by atoms with Gasteiger partial charge in [-0.3, -0.25) is 4.79 Å². The largest absolute Gasteiger partial charge is 0.420 e. The molecule has 0 aliphatic carbocycles. The molecule has 1 aromatic rings. The Morgan fingerprint density at radius 1 is 1.00 bits per heavy atom. The van der Waals surface area contributed by atoms with Crippen LogP contribution >= 0.6 is 11.8 Å². The Morgan fingerprint density at radius 3 is 2.30 bits per heavy atom. The molecule has 148 valence electrons. The minimum Gasteiger partial charge on any atom is -0.420 e. The summed E-state index contributed by atoms with van der Waals surface area (Å²) in [5, 5.41) is 5.81. The summed E-state index contributed by atoms with van der Waals surface area (Å²) in [6.07, 6.45) is 1.34. The van der Waals surface area contributed by atoms with Crippen LogP contribution in [0.4, 0.5) is 26.7 Å². The number of carbonyl (C=O) groups excluding carboxylic acids is 2. The van der Waals surface area contributed by atoms with E-state index < -0.39 is 40.8 Å². The van der Waals surface area contributed by atoms with Gasteiger partial charge in [-0.25, -0.2) is 18.0 Å². The number of benzene rings is 1. The number of thioether (sulfide) groups is 1. The molecular weight excluding hydrogens is 395 g/mol. The van der Waals surface area contributed by atoms with Crippen LogP contribution in [0.25, 0.3) is 0 Å². The highest BCUT2D eigenvalue weighted by atomic mass is 32.2. The smallest absolute Gasteiger partial charge is 0.315 e. The number of amides is 2. The second-order valence-electron chi connectivity index (χ2n) is 6.24. The Hall–Kier alpha value is -2.04. The fraction of sp³-hybridized carbons (Fsp3) is 0.500. The van der Waals surface area contributed by atoms with Crippen LogP contribution in [0.5, 0.6) is 5.75 Å². The second kappa shape index (κ2) is 7.91. The number of hydrogen-bond donors (Lipinski definition) is 2. The van der Waals surface area contributed by atoms with Crippen molar-refractivity contribution in [3.8, 4) is 5.75 Å². The molecule has 0 aromatic heterocycles. The predicted octanol–water partition coefficient (Wildman–Crippen LogP) is 3.01. The third-order valence-corrected chi connectivity index (χ3v) is 5.95. The molecule has 2 saturated heterocycles. The van der Waals surface area contributed by atoms with Gasteiger partial charge in [0, 0.05) is 17.4 Å². The van der Waals surface area contributed by atoms with Crippen LogP contribution in [-0.4, -0.2) is 35.1 Å². The van der Waals surface area contributed by atoms with E-state index in [1.807, 2.05) is 0 Å². The van der Waals surface area contributed by atoms with E-state index in [0.29, 0.717) is 19.3 Å². The van der Waals surface area contributed by atoms with Crippen molar-refractivity contribution in [1.29, 1.82) is 0 Å². The zero-order chi connectivity index (χ0) is 19.7. The molecule has 2 aliphatic rings. The van der Waals surface area contributed by atoms with Gasteiger partial charge < -0.3 is 15.4 Å². The molecule has 0 bridgehead atoms. The van der Waals surface area contributed by atoms with Crippen molar-refractivity contribution in [2.24, 2.45) is 0 Å². The molecule has 2 heterocycles. The monoisotopic (exact) mass is 410 g/mol. The summed E-state index contributed by atoms with van der Waals surface area (Å²) in [6.45, 7) is 0. The zero-order valence-electron chi connectivity index (χ0n) is 13.8. The van der Waals surface area contributed by atoms with Crippen molar-refractivity contribution in [2.45, 2.75) is 43.0 Å². The first-order valence-corrected chi connectivity index (χ1v) is 9.25. The molecule has 0 radical (unpaired) electrons. The molecule has 11 heteroatoms. The molecule has 2 amide bonds. The van der Waals surface area contributed by atoms with Crippen molar-refractivity contribution in [3.63, 3.8) is 0 Å². The Kier molecular flexibility index (Phi) is 5.78. The van der Waals surface area contributed by atoms with Crippen LogP contribution < -0.4 is 15.4 Å². The molecule has 1 aromatic carbocycles. The summed E-state index contributed by atoms with van der Waals surface area (Å²) in [7, 11) is 0. The van der Waals surface area contributed by atoms with Gasteiger partial charge in [0.2, 0.25) is 34.8 Å². The minimum absolute atomic E-state index is 0.0165. The highest BCUT2D eigenvalue weighted by Crippen LogP contribution is 2.33. The van der Waals surface area contributed by atoms with Crippen LogP contribution in [-0.2, 0) is 4.79 Å². The van der Waals surface area contributed by atoms with Gasteiger partial charge in [0.1, 0.15) is 0 Å². The normalized spacial score (nSPS) is 23.7. The highest BCUT2D eigenvalue weighted by Gasteiger charge is 2.42. The summed E-state index contributed by atoms with van der Waals surface area (Å²) in [5.41, 5.74) is 0. The topological polar surface area (TPSA) is 67.4 Å². The van der Waals surface area contributed by atoms with E-state index in [9.17, 15) is 31.5 Å². The summed E-state index contributed by atoms with van der Waals surface area (Å²) < 4.78 is 70.4. The van der Waals surface area contributed by atoms with E-state index in [1.54, 1.807) is 11.8 Å². The van der Waals surface area contributed by atoms with Crippen molar-refractivity contribution < 1.29 is 36.3 Å². The van der Waals surface area contributed by atoms with Gasteiger partial charge in [-0.1, -0.05) is 6.42 Å². The first-order valence-electron chi connectivity index (χ1n) is 8.20. The van der Waals surface area contributed by atoms with Crippen molar-refractivity contribution in [2.75, 3.05) is 5.75 Å². The molecule has 0 spiro atoms. The lowest BCUT2D eigenvalue weighted by atomic mass is 10.0. The van der Waals surface area contributed by atoms with Gasteiger partial charge in [0.15, 0.2) is 0 Å². The average molecular weight is 410 g/mol. The van der Waals surface area contributed by atoms with Crippen LogP contribution in [0, 0.1) is 29.1 Å². The summed E-state index contributed by atoms with van der Waals surface area (Å²) in [6, 6.07) is -0.115. The number of ether oxygens (including phenoxy) is 1. The van der Waals surface area contributed by atoms with Crippen molar-refractivity contribution in [3.05, 3.63) is 29.1 Å². The average Bonchev–Trinajstić information content (AvgIpc) is 3.18. The van der Waals surface area contributed by atoms with E-state index in [2.05, 4.69) is 15.4 Å². The Labute approximate surface area is 155 Å². The quantitative estimate of drug-likeness (QED) is 0.144. The van der Waals surface area contributed by atoms with E-state index in [0.717, 1.165) is 5.75 Å². The van der Waals surface area contributed by atoms with Gasteiger partial charge in [0.05, 0.1) is 12.1 Å². The number of carbonyl (C=O) groups is 2. The molecule has 2 fully saturated rings. The maximum Gasteiger partial charge on any atom is 0.315 e. The fourth-order valence-electron chi connectivity index (χ4n) is 3.10. The number of unbranched alkanes of at least 4 members (excludes halogenated alkanes) is 1. The third kappa shape index (κ3) is 3.97. The maximum atomic E-state index is 13.5. The molecule has 27 heavy (non-hydrogen) atoms. The molecule has 2 N–H and O–H groups in total. The lowest BCUT2D eigenvalue weighted by Gasteiger charge is -2.16. The minimum atomic E-state index is -2.31. The molecule has 3 unspecified atom stereocenters. The van der Waals surface area contributed by atoms with Crippen LogP contribution in [0.3, 0.4) is 0 Å². The van der Waals surface area contributed by atoms with Gasteiger partial charge >= 0.3 is 12.0 Å². The molecular formula is C16H15F5N2O3S. The maximum absolute atomic E-state index is 13.5. The zero-order valence-corrected chi connectivity index (χ0v) is 14.6. The lowest BCUT2D eigenvalue weighted by Crippen LogP contribution is -2.36. The van der Waals surface area contributed by atoms with Crippen LogP contribution in [0.1, 0.15) is 25.7 Å². The summed E-state index contributed by atoms with van der Waals surface area (Å²) in [4.78, 5) is 23.0. The summed E-state index contributed by atoms with van der Waals surface area (Å²) in [5.74, 6) is -12.9. The van der Waals surface area contributed by atoms with Gasteiger partial charge in [0.25, 0.3) is 0 Å². The Bertz CT molecular complexity index is 750. The highest BCUT2D eigenvalue weighted by molar-refractivity contribution is 8.00. The third-order valence-electron chi connectivity index (χ3n) is 4.44. The second-order valence-corrected chi connectivity index (χ2v) is 7.51. The predicted molar refractivity (Wildman–Crippen MR) is 85.8 cm³/mol.